The van der Waals surface area contributed by atoms with Crippen LogP contribution in [0.1, 0.15) is 47.7 Å². The lowest BCUT2D eigenvalue weighted by atomic mass is 9.90. The average molecular weight is 503 g/mol. The zero-order chi connectivity index (χ0) is 25.6. The number of nitrogens with two attached hydrogens (primary N) is 1. The fraction of sp³-hybridized carbons (Fsp3) is 0.407. The lowest BCUT2D eigenvalue weighted by molar-refractivity contribution is 0.0995. The molecular weight excluding hydrogens is 468 g/mol. The third-order valence-electron chi connectivity index (χ3n) is 7.06. The van der Waals surface area contributed by atoms with E-state index in [1.165, 1.54) is 5.56 Å². The highest BCUT2D eigenvalue weighted by molar-refractivity contribution is 5.96. The Balaban J connectivity index is 1.29. The molecule has 0 spiro atoms. The van der Waals surface area contributed by atoms with E-state index >= 15 is 0 Å². The second-order valence-electron chi connectivity index (χ2n) is 9.60. The maximum absolute atomic E-state index is 12.1. The lowest BCUT2D eigenvalue weighted by Gasteiger charge is -2.33. The van der Waals surface area contributed by atoms with Gasteiger partial charge < -0.3 is 31.3 Å². The van der Waals surface area contributed by atoms with Crippen LogP contribution in [0.2, 0.25) is 0 Å². The van der Waals surface area contributed by atoms with E-state index in [0.29, 0.717) is 24.2 Å². The number of carbonyl (C=O) groups excluding carboxylic acids is 1. The van der Waals surface area contributed by atoms with Crippen molar-refractivity contribution in [3.63, 3.8) is 0 Å². The first-order chi connectivity index (χ1) is 18.1. The first kappa shape index (κ1) is 24.8. The summed E-state index contributed by atoms with van der Waals surface area (Å²) in [7, 11) is 1.66. The van der Waals surface area contributed by atoms with Gasteiger partial charge in [-0.2, -0.15) is 4.98 Å². The number of amides is 1. The van der Waals surface area contributed by atoms with Gasteiger partial charge in [-0.1, -0.05) is 12.1 Å². The van der Waals surface area contributed by atoms with Crippen molar-refractivity contribution in [3.05, 3.63) is 59.8 Å². The molecule has 1 atom stereocenters. The van der Waals surface area contributed by atoms with Crippen LogP contribution in [0.25, 0.3) is 0 Å². The zero-order valence-corrected chi connectivity index (χ0v) is 21.1. The van der Waals surface area contributed by atoms with Crippen LogP contribution in [-0.4, -0.2) is 60.4 Å². The van der Waals surface area contributed by atoms with Gasteiger partial charge in [0.15, 0.2) is 11.5 Å². The molecule has 0 radical (unpaired) electrons. The first-order valence-corrected chi connectivity index (χ1v) is 12.9. The van der Waals surface area contributed by atoms with Gasteiger partial charge in [-0.05, 0) is 86.7 Å². The van der Waals surface area contributed by atoms with Gasteiger partial charge in [-0.15, -0.1) is 10.2 Å². The molecule has 0 bridgehead atoms. The summed E-state index contributed by atoms with van der Waals surface area (Å²) < 4.78 is 5.25. The fourth-order valence-corrected chi connectivity index (χ4v) is 5.03. The van der Waals surface area contributed by atoms with Gasteiger partial charge in [0.2, 0.25) is 5.95 Å². The number of nitrogens with zero attached hydrogens (tertiary/aromatic N) is 4. The third-order valence-corrected chi connectivity index (χ3v) is 7.06. The number of aromatic nitrogens is 3. The molecule has 5 N–H and O–H groups in total. The molecule has 1 amide bonds. The molecule has 2 aliphatic heterocycles. The van der Waals surface area contributed by atoms with E-state index in [4.69, 9.17) is 10.5 Å². The van der Waals surface area contributed by atoms with Gasteiger partial charge in [0.05, 0.1) is 7.11 Å². The molecule has 3 aromatic rings. The van der Waals surface area contributed by atoms with Crippen molar-refractivity contribution in [1.29, 1.82) is 0 Å². The van der Waals surface area contributed by atoms with Gasteiger partial charge in [-0.3, -0.25) is 4.79 Å². The Morgan fingerprint density at radius 1 is 1.03 bits per heavy atom. The van der Waals surface area contributed by atoms with Crippen LogP contribution in [-0.2, 0) is 0 Å². The summed E-state index contributed by atoms with van der Waals surface area (Å²) in [6.45, 7) is 3.63. The molecule has 0 unspecified atom stereocenters. The van der Waals surface area contributed by atoms with Crippen LogP contribution < -0.4 is 31.3 Å². The Labute approximate surface area is 217 Å². The van der Waals surface area contributed by atoms with Crippen molar-refractivity contribution in [2.45, 2.75) is 37.6 Å². The van der Waals surface area contributed by atoms with E-state index in [1.54, 1.807) is 7.11 Å². The Hall–Kier alpha value is -3.92. The standard InChI is InChI=1S/C27H34N8O2/c1-37-23-10-8-20(9-11-23)30-22-3-2-16-35(17-22)27-32-26(24(25(28)36)33-34-27)31-21-6-4-18(5-7-21)19-12-14-29-15-13-19/h4-11,19,22,29-30H,2-3,12-17H2,1H3,(H2,28,36)(H,31,32,34)/t22-/m1/s1. The monoisotopic (exact) mass is 502 g/mol. The zero-order valence-electron chi connectivity index (χ0n) is 21.1. The molecule has 10 heteroatoms. The topological polar surface area (TPSA) is 130 Å². The molecule has 37 heavy (non-hydrogen) atoms. The number of ether oxygens (including phenoxy) is 1. The summed E-state index contributed by atoms with van der Waals surface area (Å²) in [4.78, 5) is 18.8. The van der Waals surface area contributed by atoms with Crippen molar-refractivity contribution >= 4 is 29.0 Å². The Morgan fingerprint density at radius 2 is 1.76 bits per heavy atom. The van der Waals surface area contributed by atoms with E-state index in [0.717, 1.165) is 62.4 Å². The first-order valence-electron chi connectivity index (χ1n) is 12.9. The predicted molar refractivity (Wildman–Crippen MR) is 145 cm³/mol. The van der Waals surface area contributed by atoms with Gasteiger partial charge in [-0.25, -0.2) is 0 Å². The Kier molecular flexibility index (Phi) is 7.65. The highest BCUT2D eigenvalue weighted by Crippen LogP contribution is 2.28. The van der Waals surface area contributed by atoms with Crippen LogP contribution >= 0.6 is 0 Å². The Bertz CT molecular complexity index is 1200. The minimum Gasteiger partial charge on any atom is -0.497 e. The lowest BCUT2D eigenvalue weighted by Crippen LogP contribution is -2.43. The van der Waals surface area contributed by atoms with Crippen molar-refractivity contribution in [3.8, 4) is 5.75 Å². The maximum atomic E-state index is 12.1. The number of benzene rings is 2. The van der Waals surface area contributed by atoms with Gasteiger partial charge in [0, 0.05) is 30.5 Å². The summed E-state index contributed by atoms with van der Waals surface area (Å²) in [6, 6.07) is 16.4. The van der Waals surface area contributed by atoms with Gasteiger partial charge in [0.1, 0.15) is 5.75 Å². The number of rotatable bonds is 8. The number of carbonyl (C=O) groups is 1. The van der Waals surface area contributed by atoms with E-state index in [9.17, 15) is 4.79 Å². The van der Waals surface area contributed by atoms with E-state index in [1.807, 2.05) is 36.4 Å². The molecule has 2 fully saturated rings. The number of anilines is 4. The van der Waals surface area contributed by atoms with Gasteiger partial charge >= 0.3 is 0 Å². The minimum absolute atomic E-state index is 0.0242. The van der Waals surface area contributed by atoms with Crippen molar-refractivity contribution < 1.29 is 9.53 Å². The highest BCUT2D eigenvalue weighted by atomic mass is 16.5. The van der Waals surface area contributed by atoms with Crippen LogP contribution in [0.4, 0.5) is 23.1 Å². The smallest absolute Gasteiger partial charge is 0.273 e. The van der Waals surface area contributed by atoms with Crippen molar-refractivity contribution in [2.24, 2.45) is 5.73 Å². The molecule has 3 heterocycles. The molecule has 0 saturated carbocycles. The number of primary amides is 1. The maximum Gasteiger partial charge on any atom is 0.273 e. The summed E-state index contributed by atoms with van der Waals surface area (Å²) >= 11 is 0. The van der Waals surface area contributed by atoms with E-state index in [-0.39, 0.29) is 11.7 Å². The third kappa shape index (κ3) is 6.08. The molecule has 10 nitrogen and oxygen atoms in total. The summed E-state index contributed by atoms with van der Waals surface area (Å²) in [5.41, 5.74) is 8.79. The van der Waals surface area contributed by atoms with Gasteiger partial charge in [0.25, 0.3) is 5.91 Å². The normalized spacial score (nSPS) is 18.3. The summed E-state index contributed by atoms with van der Waals surface area (Å²) in [5.74, 6) is 1.52. The van der Waals surface area contributed by atoms with E-state index in [2.05, 4.69) is 48.2 Å². The average Bonchev–Trinajstić information content (AvgIpc) is 2.94. The van der Waals surface area contributed by atoms with Crippen LogP contribution in [0, 0.1) is 0 Å². The second kappa shape index (κ2) is 11.4. The van der Waals surface area contributed by atoms with Crippen LogP contribution in [0.3, 0.4) is 0 Å². The largest absolute Gasteiger partial charge is 0.497 e. The van der Waals surface area contributed by atoms with Crippen LogP contribution in [0.15, 0.2) is 48.5 Å². The second-order valence-corrected chi connectivity index (χ2v) is 9.60. The molecular formula is C27H34N8O2. The number of piperidine rings is 2. The number of hydrogen-bond donors (Lipinski definition) is 4. The molecule has 5 rings (SSSR count). The quantitative estimate of drug-likeness (QED) is 0.367. The van der Waals surface area contributed by atoms with Crippen molar-refractivity contribution in [1.82, 2.24) is 20.5 Å². The van der Waals surface area contributed by atoms with Crippen molar-refractivity contribution in [2.75, 3.05) is 48.8 Å². The number of methoxy groups -OCH3 is 1. The fourth-order valence-electron chi connectivity index (χ4n) is 5.03. The Morgan fingerprint density at radius 3 is 2.46 bits per heavy atom. The molecule has 194 valence electrons. The minimum atomic E-state index is -0.668. The predicted octanol–water partition coefficient (Wildman–Crippen LogP) is 3.27. The highest BCUT2D eigenvalue weighted by Gasteiger charge is 2.24. The molecule has 2 saturated heterocycles. The molecule has 1 aromatic heterocycles. The van der Waals surface area contributed by atoms with Crippen LogP contribution in [0.5, 0.6) is 5.75 Å². The SMILES string of the molecule is COc1ccc(N[C@@H]2CCCN(c3nnc(C(N)=O)c(Nc4ccc(C5CCNCC5)cc4)n3)C2)cc1. The molecule has 2 aromatic carbocycles. The molecule has 0 aliphatic carbocycles. The summed E-state index contributed by atoms with van der Waals surface area (Å²) in [6.07, 6.45) is 4.30. The van der Waals surface area contributed by atoms with E-state index < -0.39 is 5.91 Å². The molecule has 2 aliphatic rings. The number of nitrogens with one attached hydrogen (secondary N) is 3. The number of hydrogen-bond acceptors (Lipinski definition) is 9. The summed E-state index contributed by atoms with van der Waals surface area (Å²) in [5, 5.41) is 18.6.